The van der Waals surface area contributed by atoms with Crippen LogP contribution in [0.2, 0.25) is 5.02 Å². The number of ether oxygens (including phenoxy) is 2. The first-order valence-corrected chi connectivity index (χ1v) is 8.72. The third-order valence-electron chi connectivity index (χ3n) is 4.12. The second-order valence-electron chi connectivity index (χ2n) is 5.91. The van der Waals surface area contributed by atoms with Crippen molar-refractivity contribution in [1.82, 2.24) is 4.90 Å². The van der Waals surface area contributed by atoms with E-state index in [1.165, 1.54) is 6.07 Å². The van der Waals surface area contributed by atoms with E-state index < -0.39 is 12.1 Å². The van der Waals surface area contributed by atoms with Gasteiger partial charge in [0.25, 0.3) is 5.91 Å². The van der Waals surface area contributed by atoms with Crippen LogP contribution < -0.4 is 0 Å². The van der Waals surface area contributed by atoms with E-state index in [1.54, 1.807) is 36.9 Å². The maximum absolute atomic E-state index is 12.4. The van der Waals surface area contributed by atoms with Gasteiger partial charge in [-0.2, -0.15) is 0 Å². The molecule has 0 radical (unpaired) electrons. The molecule has 1 atom stereocenters. The smallest absolute Gasteiger partial charge is 0.338 e. The van der Waals surface area contributed by atoms with Crippen LogP contribution in [-0.4, -0.2) is 48.5 Å². The topological polar surface area (TPSA) is 72.9 Å². The van der Waals surface area contributed by atoms with Gasteiger partial charge in [0, 0.05) is 18.1 Å². The third-order valence-corrected chi connectivity index (χ3v) is 4.35. The molecule has 7 heteroatoms. The zero-order valence-corrected chi connectivity index (χ0v) is 15.1. The van der Waals surface area contributed by atoms with Crippen LogP contribution in [0.15, 0.2) is 24.3 Å². The van der Waals surface area contributed by atoms with E-state index in [2.05, 4.69) is 0 Å². The molecule has 1 aliphatic heterocycles. The fraction of sp³-hybridized carbons (Fsp3) is 0.500. The fourth-order valence-corrected chi connectivity index (χ4v) is 2.94. The molecule has 1 heterocycles. The third kappa shape index (κ3) is 5.19. The Morgan fingerprint density at radius 1 is 1.28 bits per heavy atom. The Bertz CT molecular complexity index is 640. The summed E-state index contributed by atoms with van der Waals surface area (Å²) in [5.74, 6) is -1.24. The quantitative estimate of drug-likeness (QED) is 0.748. The summed E-state index contributed by atoms with van der Waals surface area (Å²) in [7, 11) is 0. The lowest BCUT2D eigenvalue weighted by Gasteiger charge is -2.32. The van der Waals surface area contributed by atoms with Crippen LogP contribution >= 0.6 is 11.6 Å². The summed E-state index contributed by atoms with van der Waals surface area (Å²) < 4.78 is 10.3. The first-order valence-electron chi connectivity index (χ1n) is 8.34. The molecule has 1 aromatic rings. The van der Waals surface area contributed by atoms with E-state index in [-0.39, 0.29) is 17.8 Å². The van der Waals surface area contributed by atoms with Gasteiger partial charge in [0.15, 0.2) is 6.10 Å². The van der Waals surface area contributed by atoms with Crippen molar-refractivity contribution >= 4 is 29.4 Å². The number of likely N-dealkylation sites (tertiary alicyclic amines) is 1. The molecule has 2 rings (SSSR count). The molecule has 1 amide bonds. The van der Waals surface area contributed by atoms with Gasteiger partial charge in [-0.05, 0) is 44.9 Å². The Morgan fingerprint density at radius 3 is 2.56 bits per heavy atom. The highest BCUT2D eigenvalue weighted by atomic mass is 35.5. The summed E-state index contributed by atoms with van der Waals surface area (Å²) in [5.41, 5.74) is 0.299. The Balaban J connectivity index is 1.86. The minimum atomic E-state index is -0.898. The maximum atomic E-state index is 12.4. The normalized spacial score (nSPS) is 16.2. The number of rotatable bonds is 5. The lowest BCUT2D eigenvalue weighted by Crippen LogP contribution is -2.45. The predicted molar refractivity (Wildman–Crippen MR) is 92.3 cm³/mol. The average Bonchev–Trinajstić information content (AvgIpc) is 2.61. The first-order chi connectivity index (χ1) is 11.9. The molecule has 0 saturated carbocycles. The second-order valence-corrected chi connectivity index (χ2v) is 6.35. The van der Waals surface area contributed by atoms with Crippen molar-refractivity contribution in [1.29, 1.82) is 0 Å². The summed E-state index contributed by atoms with van der Waals surface area (Å²) in [5, 5.41) is 0.425. The van der Waals surface area contributed by atoms with E-state index >= 15 is 0 Å². The second kappa shape index (κ2) is 8.85. The Hall–Kier alpha value is -2.08. The molecule has 0 bridgehead atoms. The Kier molecular flexibility index (Phi) is 6.82. The van der Waals surface area contributed by atoms with Crippen LogP contribution in [0.25, 0.3) is 0 Å². The monoisotopic (exact) mass is 367 g/mol. The van der Waals surface area contributed by atoms with Gasteiger partial charge >= 0.3 is 11.9 Å². The van der Waals surface area contributed by atoms with Crippen molar-refractivity contribution in [2.24, 2.45) is 5.92 Å². The number of halogens is 1. The average molecular weight is 368 g/mol. The van der Waals surface area contributed by atoms with Gasteiger partial charge in [-0.25, -0.2) is 4.79 Å². The highest BCUT2D eigenvalue weighted by molar-refractivity contribution is 6.30. The molecule has 1 aromatic carbocycles. The number of esters is 2. The van der Waals surface area contributed by atoms with Gasteiger partial charge in [0.1, 0.15) is 0 Å². The molecule has 6 nitrogen and oxygen atoms in total. The maximum Gasteiger partial charge on any atom is 0.338 e. The molecule has 0 spiro atoms. The van der Waals surface area contributed by atoms with E-state index in [0.29, 0.717) is 43.1 Å². The van der Waals surface area contributed by atoms with Crippen LogP contribution in [0.3, 0.4) is 0 Å². The minimum Gasteiger partial charge on any atom is -0.466 e. The minimum absolute atomic E-state index is 0.173. The zero-order valence-electron chi connectivity index (χ0n) is 14.4. The molecule has 1 aliphatic rings. The van der Waals surface area contributed by atoms with Gasteiger partial charge in [0.05, 0.1) is 18.1 Å². The van der Waals surface area contributed by atoms with Crippen LogP contribution in [-0.2, 0) is 19.1 Å². The van der Waals surface area contributed by atoms with Crippen LogP contribution in [0.4, 0.5) is 0 Å². The zero-order chi connectivity index (χ0) is 18.4. The predicted octanol–water partition coefficient (Wildman–Crippen LogP) is 2.69. The summed E-state index contributed by atoms with van der Waals surface area (Å²) in [6.45, 7) is 4.56. The van der Waals surface area contributed by atoms with Crippen molar-refractivity contribution in [3.63, 3.8) is 0 Å². The van der Waals surface area contributed by atoms with Gasteiger partial charge in [-0.15, -0.1) is 0 Å². The summed E-state index contributed by atoms with van der Waals surface area (Å²) in [4.78, 5) is 37.9. The largest absolute Gasteiger partial charge is 0.466 e. The summed E-state index contributed by atoms with van der Waals surface area (Å²) in [6.07, 6.45) is 0.213. The van der Waals surface area contributed by atoms with Crippen molar-refractivity contribution in [2.45, 2.75) is 32.8 Å². The lowest BCUT2D eigenvalue weighted by atomic mass is 9.97. The number of hydrogen-bond donors (Lipinski definition) is 0. The number of carbonyl (C=O) groups excluding carboxylic acids is 3. The van der Waals surface area contributed by atoms with Crippen molar-refractivity contribution in [2.75, 3.05) is 19.7 Å². The number of hydrogen-bond acceptors (Lipinski definition) is 5. The van der Waals surface area contributed by atoms with Crippen molar-refractivity contribution < 1.29 is 23.9 Å². The standard InChI is InChI=1S/C18H22ClNO5/c1-3-24-17(22)13-7-9-20(10-8-13)16(21)12(2)25-18(23)14-5-4-6-15(19)11-14/h4-6,11-13H,3,7-10H2,1-2H3. The number of piperidine rings is 1. The van der Waals surface area contributed by atoms with Gasteiger partial charge in [-0.1, -0.05) is 17.7 Å². The van der Waals surface area contributed by atoms with Crippen LogP contribution in [0.5, 0.6) is 0 Å². The molecule has 1 saturated heterocycles. The van der Waals surface area contributed by atoms with Crippen molar-refractivity contribution in [3.05, 3.63) is 34.9 Å². The molecule has 0 N–H and O–H groups in total. The SMILES string of the molecule is CCOC(=O)C1CCN(C(=O)C(C)OC(=O)c2cccc(Cl)c2)CC1. The molecule has 0 aromatic heterocycles. The lowest BCUT2D eigenvalue weighted by molar-refractivity contribution is -0.152. The van der Waals surface area contributed by atoms with E-state index in [1.807, 2.05) is 0 Å². The number of benzene rings is 1. The highest BCUT2D eigenvalue weighted by Gasteiger charge is 2.31. The number of carbonyl (C=O) groups is 3. The number of nitrogens with zero attached hydrogens (tertiary/aromatic N) is 1. The van der Waals surface area contributed by atoms with Gasteiger partial charge in [-0.3, -0.25) is 9.59 Å². The molecule has 0 aliphatic carbocycles. The summed E-state index contributed by atoms with van der Waals surface area (Å²) >= 11 is 5.85. The van der Waals surface area contributed by atoms with E-state index in [9.17, 15) is 14.4 Å². The van der Waals surface area contributed by atoms with Crippen LogP contribution in [0, 0.1) is 5.92 Å². The van der Waals surface area contributed by atoms with Gasteiger partial charge in [0.2, 0.25) is 0 Å². The van der Waals surface area contributed by atoms with Crippen LogP contribution in [0.1, 0.15) is 37.0 Å². The highest BCUT2D eigenvalue weighted by Crippen LogP contribution is 2.20. The van der Waals surface area contributed by atoms with E-state index in [4.69, 9.17) is 21.1 Å². The molecule has 1 fully saturated rings. The van der Waals surface area contributed by atoms with E-state index in [0.717, 1.165) is 0 Å². The number of amides is 1. The molecule has 136 valence electrons. The first kappa shape index (κ1) is 19.2. The molecule has 25 heavy (non-hydrogen) atoms. The summed E-state index contributed by atoms with van der Waals surface area (Å²) in [6, 6.07) is 6.37. The van der Waals surface area contributed by atoms with Gasteiger partial charge < -0.3 is 14.4 Å². The molecular formula is C18H22ClNO5. The van der Waals surface area contributed by atoms with Crippen molar-refractivity contribution in [3.8, 4) is 0 Å². The Morgan fingerprint density at radius 2 is 1.96 bits per heavy atom. The Labute approximate surface area is 152 Å². The molecular weight excluding hydrogens is 346 g/mol. The fourth-order valence-electron chi connectivity index (χ4n) is 2.75. The molecule has 1 unspecified atom stereocenters.